The molecule has 0 radical (unpaired) electrons. The second-order valence-electron chi connectivity index (χ2n) is 6.95. The maximum atomic E-state index is 10.7. The van der Waals surface area contributed by atoms with Gasteiger partial charge in [0.05, 0.1) is 5.60 Å². The van der Waals surface area contributed by atoms with Gasteiger partial charge in [0.2, 0.25) is 0 Å². The molecular formula is C16H32O. The van der Waals surface area contributed by atoms with Crippen LogP contribution in [0.4, 0.5) is 0 Å². The van der Waals surface area contributed by atoms with Crippen LogP contribution in [0.5, 0.6) is 0 Å². The zero-order valence-electron chi connectivity index (χ0n) is 12.3. The molecule has 1 aliphatic rings. The molecule has 1 rings (SSSR count). The zero-order chi connectivity index (χ0) is 12.9. The van der Waals surface area contributed by atoms with Crippen molar-refractivity contribution in [1.82, 2.24) is 0 Å². The molecule has 0 aromatic carbocycles. The minimum Gasteiger partial charge on any atom is -0.390 e. The minimum absolute atomic E-state index is 0.335. The van der Waals surface area contributed by atoms with Gasteiger partial charge in [-0.3, -0.25) is 0 Å². The lowest BCUT2D eigenvalue weighted by molar-refractivity contribution is 0.0120. The van der Waals surface area contributed by atoms with Crippen LogP contribution < -0.4 is 0 Å². The van der Waals surface area contributed by atoms with Gasteiger partial charge in [0.15, 0.2) is 0 Å². The summed E-state index contributed by atoms with van der Waals surface area (Å²) >= 11 is 0. The van der Waals surface area contributed by atoms with Crippen molar-refractivity contribution in [2.45, 2.75) is 84.7 Å². The normalized spacial score (nSPS) is 30.9. The molecule has 0 saturated heterocycles. The quantitative estimate of drug-likeness (QED) is 0.686. The van der Waals surface area contributed by atoms with Gasteiger partial charge >= 0.3 is 0 Å². The molecule has 0 aliphatic heterocycles. The van der Waals surface area contributed by atoms with E-state index in [2.05, 4.69) is 27.7 Å². The smallest absolute Gasteiger partial charge is 0.0648 e. The van der Waals surface area contributed by atoms with Gasteiger partial charge in [-0.2, -0.15) is 0 Å². The Hall–Kier alpha value is -0.0400. The zero-order valence-corrected chi connectivity index (χ0v) is 12.3. The fourth-order valence-corrected chi connectivity index (χ4v) is 3.17. The molecule has 1 N–H and O–H groups in total. The van der Waals surface area contributed by atoms with Crippen LogP contribution in [-0.4, -0.2) is 10.7 Å². The minimum atomic E-state index is -0.335. The van der Waals surface area contributed by atoms with Crippen LogP contribution in [0.2, 0.25) is 0 Å². The maximum absolute atomic E-state index is 10.7. The van der Waals surface area contributed by atoms with Gasteiger partial charge in [0, 0.05) is 0 Å². The van der Waals surface area contributed by atoms with E-state index in [0.29, 0.717) is 0 Å². The van der Waals surface area contributed by atoms with Crippen molar-refractivity contribution in [3.8, 4) is 0 Å². The first kappa shape index (κ1) is 15.0. The van der Waals surface area contributed by atoms with Crippen LogP contribution in [0, 0.1) is 17.8 Å². The highest BCUT2D eigenvalue weighted by Gasteiger charge is 2.31. The van der Waals surface area contributed by atoms with Crippen LogP contribution in [0.3, 0.4) is 0 Å². The fraction of sp³-hybridized carbons (Fsp3) is 1.00. The summed E-state index contributed by atoms with van der Waals surface area (Å²) in [6.07, 6.45) is 9.33. The van der Waals surface area contributed by atoms with Crippen LogP contribution in [0.25, 0.3) is 0 Å². The summed E-state index contributed by atoms with van der Waals surface area (Å²) in [5.74, 6) is 2.40. The average molecular weight is 240 g/mol. The summed E-state index contributed by atoms with van der Waals surface area (Å²) in [6, 6.07) is 0. The largest absolute Gasteiger partial charge is 0.390 e. The predicted molar refractivity (Wildman–Crippen MR) is 75.1 cm³/mol. The number of aliphatic hydroxyl groups is 1. The standard InChI is InChI=1S/C16H32O/c1-13(2)7-5-10-16(17)11-6-8-15(9-12-16)14(3)4/h13-15,17H,5-12H2,1-4H3. The second kappa shape index (κ2) is 6.78. The van der Waals surface area contributed by atoms with Crippen LogP contribution in [0.15, 0.2) is 0 Å². The monoisotopic (exact) mass is 240 g/mol. The molecule has 102 valence electrons. The van der Waals surface area contributed by atoms with E-state index >= 15 is 0 Å². The van der Waals surface area contributed by atoms with Gasteiger partial charge in [0.25, 0.3) is 0 Å². The first-order chi connectivity index (χ1) is 7.93. The van der Waals surface area contributed by atoms with Crippen molar-refractivity contribution < 1.29 is 5.11 Å². The molecule has 0 amide bonds. The Balaban J connectivity index is 2.37. The maximum Gasteiger partial charge on any atom is 0.0648 e. The number of hydrogen-bond donors (Lipinski definition) is 1. The van der Waals surface area contributed by atoms with E-state index in [-0.39, 0.29) is 5.60 Å². The highest BCUT2D eigenvalue weighted by Crippen LogP contribution is 2.36. The van der Waals surface area contributed by atoms with Crippen LogP contribution in [0.1, 0.15) is 79.1 Å². The first-order valence-electron chi connectivity index (χ1n) is 7.65. The molecular weight excluding hydrogens is 208 g/mol. The molecule has 2 atom stereocenters. The topological polar surface area (TPSA) is 20.2 Å². The van der Waals surface area contributed by atoms with Gasteiger partial charge in [-0.1, -0.05) is 53.4 Å². The third-order valence-corrected chi connectivity index (χ3v) is 4.56. The van der Waals surface area contributed by atoms with E-state index in [1.165, 1.54) is 32.1 Å². The van der Waals surface area contributed by atoms with Crippen molar-refractivity contribution in [2.24, 2.45) is 17.8 Å². The Kier molecular flexibility index (Phi) is 5.99. The van der Waals surface area contributed by atoms with E-state index in [4.69, 9.17) is 0 Å². The van der Waals surface area contributed by atoms with Crippen molar-refractivity contribution >= 4 is 0 Å². The molecule has 1 heteroatoms. The first-order valence-corrected chi connectivity index (χ1v) is 7.65. The molecule has 17 heavy (non-hydrogen) atoms. The SMILES string of the molecule is CC(C)CCCC1(O)CCCC(C(C)C)CC1. The molecule has 1 aliphatic carbocycles. The molecule has 0 heterocycles. The molecule has 0 bridgehead atoms. The van der Waals surface area contributed by atoms with Crippen LogP contribution in [-0.2, 0) is 0 Å². The highest BCUT2D eigenvalue weighted by atomic mass is 16.3. The third-order valence-electron chi connectivity index (χ3n) is 4.56. The Morgan fingerprint density at radius 2 is 1.82 bits per heavy atom. The summed E-state index contributed by atoms with van der Waals surface area (Å²) in [7, 11) is 0. The fourth-order valence-electron chi connectivity index (χ4n) is 3.17. The second-order valence-corrected chi connectivity index (χ2v) is 6.95. The van der Waals surface area contributed by atoms with Gasteiger partial charge in [-0.15, -0.1) is 0 Å². The average Bonchev–Trinajstić information content (AvgIpc) is 2.40. The summed E-state index contributed by atoms with van der Waals surface area (Å²) in [5.41, 5.74) is -0.335. The molecule has 1 nitrogen and oxygen atoms in total. The Morgan fingerprint density at radius 1 is 1.12 bits per heavy atom. The molecule has 2 unspecified atom stereocenters. The van der Waals surface area contributed by atoms with E-state index < -0.39 is 0 Å². The van der Waals surface area contributed by atoms with Crippen molar-refractivity contribution in [2.75, 3.05) is 0 Å². The summed E-state index contributed by atoms with van der Waals surface area (Å²) < 4.78 is 0. The third kappa shape index (κ3) is 5.42. The summed E-state index contributed by atoms with van der Waals surface area (Å²) in [5, 5.41) is 10.7. The molecule has 1 saturated carbocycles. The lowest BCUT2D eigenvalue weighted by Crippen LogP contribution is -2.28. The lowest BCUT2D eigenvalue weighted by atomic mass is 9.85. The molecule has 0 spiro atoms. The van der Waals surface area contributed by atoms with Crippen molar-refractivity contribution in [3.63, 3.8) is 0 Å². The summed E-state index contributed by atoms with van der Waals surface area (Å²) in [6.45, 7) is 9.19. The highest BCUT2D eigenvalue weighted by molar-refractivity contribution is 4.84. The van der Waals surface area contributed by atoms with E-state index in [1.54, 1.807) is 0 Å². The van der Waals surface area contributed by atoms with Crippen molar-refractivity contribution in [3.05, 3.63) is 0 Å². The molecule has 1 fully saturated rings. The Labute approximate surface area is 108 Å². The van der Waals surface area contributed by atoms with Gasteiger partial charge < -0.3 is 5.11 Å². The van der Waals surface area contributed by atoms with E-state index in [1.807, 2.05) is 0 Å². The molecule has 0 aromatic heterocycles. The van der Waals surface area contributed by atoms with Crippen molar-refractivity contribution in [1.29, 1.82) is 0 Å². The Morgan fingerprint density at radius 3 is 2.41 bits per heavy atom. The van der Waals surface area contributed by atoms with Gasteiger partial charge in [0.1, 0.15) is 0 Å². The number of hydrogen-bond acceptors (Lipinski definition) is 1. The summed E-state index contributed by atoms with van der Waals surface area (Å²) in [4.78, 5) is 0. The van der Waals surface area contributed by atoms with Crippen LogP contribution >= 0.6 is 0 Å². The van der Waals surface area contributed by atoms with E-state index in [0.717, 1.165) is 37.0 Å². The Bertz CT molecular complexity index is 210. The van der Waals surface area contributed by atoms with Gasteiger partial charge in [-0.05, 0) is 43.4 Å². The molecule has 0 aromatic rings. The van der Waals surface area contributed by atoms with E-state index in [9.17, 15) is 5.11 Å². The number of rotatable bonds is 5. The lowest BCUT2D eigenvalue weighted by Gasteiger charge is -2.27. The predicted octanol–water partition coefficient (Wildman–Crippen LogP) is 4.78. The van der Waals surface area contributed by atoms with Gasteiger partial charge in [-0.25, -0.2) is 0 Å².